The predicted molar refractivity (Wildman–Crippen MR) is 70.5 cm³/mol. The Balaban J connectivity index is 2.11. The van der Waals surface area contributed by atoms with Crippen molar-refractivity contribution in [3.05, 3.63) is 39.4 Å². The molecular formula is C14H15NO5. The first-order valence-electron chi connectivity index (χ1n) is 6.48. The summed E-state index contributed by atoms with van der Waals surface area (Å²) in [6, 6.07) is 4.03. The van der Waals surface area contributed by atoms with Crippen LogP contribution < -0.4 is 0 Å². The van der Waals surface area contributed by atoms with Crippen molar-refractivity contribution in [2.24, 2.45) is 0 Å². The van der Waals surface area contributed by atoms with E-state index in [-0.39, 0.29) is 17.0 Å². The smallest absolute Gasteiger partial charge is 0.338 e. The molecule has 0 radical (unpaired) electrons. The summed E-state index contributed by atoms with van der Waals surface area (Å²) in [7, 11) is 0. The summed E-state index contributed by atoms with van der Waals surface area (Å²) < 4.78 is 5.19. The molecule has 0 saturated heterocycles. The lowest BCUT2D eigenvalue weighted by atomic mass is 9.96. The molecule has 20 heavy (non-hydrogen) atoms. The average molecular weight is 277 g/mol. The zero-order valence-corrected chi connectivity index (χ0v) is 11.1. The molecule has 2 rings (SSSR count). The van der Waals surface area contributed by atoms with Crippen LogP contribution >= 0.6 is 0 Å². The van der Waals surface area contributed by atoms with E-state index in [0.717, 1.165) is 12.8 Å². The third-order valence-electron chi connectivity index (χ3n) is 3.38. The van der Waals surface area contributed by atoms with E-state index in [9.17, 15) is 19.7 Å². The highest BCUT2D eigenvalue weighted by Gasteiger charge is 2.26. The molecule has 1 aliphatic carbocycles. The van der Waals surface area contributed by atoms with E-state index in [0.29, 0.717) is 18.4 Å². The summed E-state index contributed by atoms with van der Waals surface area (Å²) in [4.78, 5) is 33.8. The van der Waals surface area contributed by atoms with E-state index in [2.05, 4.69) is 0 Å². The summed E-state index contributed by atoms with van der Waals surface area (Å²) in [5, 5.41) is 10.7. The summed E-state index contributed by atoms with van der Waals surface area (Å²) in [6.07, 6.45) is 2.02. The first kappa shape index (κ1) is 14.2. The third-order valence-corrected chi connectivity index (χ3v) is 3.38. The van der Waals surface area contributed by atoms with E-state index >= 15 is 0 Å². The fourth-order valence-electron chi connectivity index (χ4n) is 2.26. The molecule has 0 bridgehead atoms. The third kappa shape index (κ3) is 3.01. The number of esters is 1. The molecule has 6 nitrogen and oxygen atoms in total. The monoisotopic (exact) mass is 277 g/mol. The number of carbonyl (C=O) groups excluding carboxylic acids is 2. The maximum atomic E-state index is 11.9. The van der Waals surface area contributed by atoms with Gasteiger partial charge in [0, 0.05) is 18.1 Å². The van der Waals surface area contributed by atoms with Crippen LogP contribution in [0.2, 0.25) is 0 Å². The van der Waals surface area contributed by atoms with Crippen LogP contribution in [0.3, 0.4) is 0 Å². The van der Waals surface area contributed by atoms with E-state index in [1.807, 2.05) is 0 Å². The minimum Gasteiger partial charge on any atom is -0.451 e. The number of carbonyl (C=O) groups is 2. The fraction of sp³-hybridized carbons (Fsp3) is 0.429. The Bertz CT molecular complexity index is 567. The van der Waals surface area contributed by atoms with Gasteiger partial charge in [0.1, 0.15) is 0 Å². The van der Waals surface area contributed by atoms with Gasteiger partial charge in [-0.25, -0.2) is 4.79 Å². The molecular weight excluding hydrogens is 262 g/mol. The van der Waals surface area contributed by atoms with Crippen molar-refractivity contribution in [3.8, 4) is 0 Å². The first-order valence-corrected chi connectivity index (χ1v) is 6.48. The Hall–Kier alpha value is -2.24. The van der Waals surface area contributed by atoms with Crippen LogP contribution in [0.1, 0.15) is 41.6 Å². The lowest BCUT2D eigenvalue weighted by molar-refractivity contribution is -0.385. The molecule has 0 N–H and O–H groups in total. The Morgan fingerprint density at radius 2 is 2.15 bits per heavy atom. The normalized spacial score (nSPS) is 18.6. The van der Waals surface area contributed by atoms with Crippen LogP contribution in [0.4, 0.5) is 5.69 Å². The summed E-state index contributed by atoms with van der Waals surface area (Å²) in [5.74, 6) is -0.661. The molecule has 0 heterocycles. The molecule has 1 saturated carbocycles. The highest BCUT2D eigenvalue weighted by atomic mass is 16.6. The quantitative estimate of drug-likeness (QED) is 0.481. The number of rotatable bonds is 3. The Morgan fingerprint density at radius 1 is 1.40 bits per heavy atom. The fourth-order valence-corrected chi connectivity index (χ4v) is 2.26. The lowest BCUT2D eigenvalue weighted by Crippen LogP contribution is -2.30. The maximum Gasteiger partial charge on any atom is 0.338 e. The van der Waals surface area contributed by atoms with Crippen molar-refractivity contribution in [3.63, 3.8) is 0 Å². The van der Waals surface area contributed by atoms with E-state index in [1.165, 1.54) is 18.2 Å². The molecule has 0 spiro atoms. The Morgan fingerprint density at radius 3 is 2.75 bits per heavy atom. The van der Waals surface area contributed by atoms with Gasteiger partial charge in [0.2, 0.25) is 0 Å². The minimum absolute atomic E-state index is 0.0460. The van der Waals surface area contributed by atoms with Gasteiger partial charge >= 0.3 is 5.97 Å². The number of benzene rings is 1. The molecule has 1 aliphatic rings. The number of Topliss-reactive ketones (excluding diaryl/α,β-unsaturated/α-hetero) is 1. The van der Waals surface area contributed by atoms with Crippen LogP contribution in [0.15, 0.2) is 18.2 Å². The number of aryl methyl sites for hydroxylation is 1. The van der Waals surface area contributed by atoms with Crippen molar-refractivity contribution < 1.29 is 19.2 Å². The highest BCUT2D eigenvalue weighted by molar-refractivity contribution is 5.93. The van der Waals surface area contributed by atoms with Crippen LogP contribution in [0, 0.1) is 17.0 Å². The van der Waals surface area contributed by atoms with Gasteiger partial charge in [-0.3, -0.25) is 14.9 Å². The number of nitro benzene ring substituents is 1. The van der Waals surface area contributed by atoms with Crippen LogP contribution in [0.25, 0.3) is 0 Å². The summed E-state index contributed by atoms with van der Waals surface area (Å²) in [5.41, 5.74) is 0.571. The molecule has 1 aromatic rings. The van der Waals surface area contributed by atoms with Gasteiger partial charge in [-0.1, -0.05) is 0 Å². The molecule has 0 aliphatic heterocycles. The number of ether oxygens (including phenoxy) is 1. The number of hydrogen-bond donors (Lipinski definition) is 0. The van der Waals surface area contributed by atoms with Gasteiger partial charge in [0.05, 0.1) is 10.5 Å². The predicted octanol–water partition coefficient (Wildman–Crippen LogP) is 2.57. The van der Waals surface area contributed by atoms with E-state index in [1.54, 1.807) is 6.92 Å². The van der Waals surface area contributed by atoms with Gasteiger partial charge in [0.15, 0.2) is 11.9 Å². The topological polar surface area (TPSA) is 86.5 Å². The Labute approximate surface area is 115 Å². The van der Waals surface area contributed by atoms with Crippen molar-refractivity contribution in [2.75, 3.05) is 0 Å². The van der Waals surface area contributed by atoms with Crippen molar-refractivity contribution in [2.45, 2.75) is 38.7 Å². The molecule has 106 valence electrons. The van der Waals surface area contributed by atoms with Crippen molar-refractivity contribution in [1.29, 1.82) is 0 Å². The number of nitro groups is 1. The van der Waals surface area contributed by atoms with Gasteiger partial charge in [-0.2, -0.15) is 0 Å². The van der Waals surface area contributed by atoms with E-state index in [4.69, 9.17) is 4.74 Å². The maximum absolute atomic E-state index is 11.9. The van der Waals surface area contributed by atoms with Gasteiger partial charge < -0.3 is 4.74 Å². The summed E-state index contributed by atoms with van der Waals surface area (Å²) in [6.45, 7) is 1.56. The van der Waals surface area contributed by atoms with Gasteiger partial charge in [-0.15, -0.1) is 0 Å². The summed E-state index contributed by atoms with van der Waals surface area (Å²) >= 11 is 0. The number of ketones is 1. The standard InChI is InChI=1S/C14H15NO5/c1-9-8-10(6-7-11(9)15(18)19)14(17)20-13-5-3-2-4-12(13)16/h6-8,13H,2-5H2,1H3/t13-/m0/s1. The highest BCUT2D eigenvalue weighted by Crippen LogP contribution is 2.22. The van der Waals surface area contributed by atoms with Crippen LogP contribution in [0.5, 0.6) is 0 Å². The number of nitrogens with zero attached hydrogens (tertiary/aromatic N) is 1. The van der Waals surface area contributed by atoms with E-state index < -0.39 is 17.0 Å². The molecule has 1 atom stereocenters. The Kier molecular flexibility index (Phi) is 4.12. The second-order valence-corrected chi connectivity index (χ2v) is 4.86. The molecule has 0 amide bonds. The van der Waals surface area contributed by atoms with Gasteiger partial charge in [-0.05, 0) is 38.3 Å². The zero-order valence-electron chi connectivity index (χ0n) is 11.1. The largest absolute Gasteiger partial charge is 0.451 e. The van der Waals surface area contributed by atoms with Crippen molar-refractivity contribution in [1.82, 2.24) is 0 Å². The average Bonchev–Trinajstić information content (AvgIpc) is 2.40. The second kappa shape index (κ2) is 5.81. The molecule has 0 unspecified atom stereocenters. The molecule has 0 aromatic heterocycles. The van der Waals surface area contributed by atoms with Crippen LogP contribution in [-0.4, -0.2) is 22.8 Å². The molecule has 1 fully saturated rings. The van der Waals surface area contributed by atoms with Gasteiger partial charge in [0.25, 0.3) is 5.69 Å². The number of hydrogen-bond acceptors (Lipinski definition) is 5. The SMILES string of the molecule is Cc1cc(C(=O)O[C@H]2CCCCC2=O)ccc1[N+](=O)[O-]. The minimum atomic E-state index is -0.674. The second-order valence-electron chi connectivity index (χ2n) is 4.86. The molecule has 6 heteroatoms. The van der Waals surface area contributed by atoms with Crippen molar-refractivity contribution >= 4 is 17.4 Å². The first-order chi connectivity index (χ1) is 9.49. The zero-order chi connectivity index (χ0) is 14.7. The lowest BCUT2D eigenvalue weighted by Gasteiger charge is -2.20. The molecule has 1 aromatic carbocycles. The van der Waals surface area contributed by atoms with Crippen LogP contribution in [-0.2, 0) is 9.53 Å².